The van der Waals surface area contributed by atoms with Crippen molar-refractivity contribution in [2.45, 2.75) is 18.9 Å². The van der Waals surface area contributed by atoms with Crippen LogP contribution in [0.4, 0.5) is 0 Å². The highest BCUT2D eigenvalue weighted by Gasteiger charge is 2.39. The van der Waals surface area contributed by atoms with Gasteiger partial charge in [0.2, 0.25) is 0 Å². The van der Waals surface area contributed by atoms with Crippen LogP contribution in [0.1, 0.15) is 12.8 Å². The molecule has 1 amide bonds. The average molecular weight is 298 g/mol. The third-order valence-electron chi connectivity index (χ3n) is 4.74. The topological polar surface area (TPSA) is 41.6 Å². The molecule has 22 heavy (non-hydrogen) atoms. The summed E-state index contributed by atoms with van der Waals surface area (Å²) in [4.78, 5) is 14.3. The number of hydrogen-bond donors (Lipinski definition) is 1. The van der Waals surface area contributed by atoms with Crippen LogP contribution in [0.2, 0.25) is 0 Å². The summed E-state index contributed by atoms with van der Waals surface area (Å²) in [5, 5.41) is 2.98. The Kier molecular flexibility index (Phi) is 4.65. The number of para-hydroxylation sites is 1. The smallest absolute Gasteiger partial charge is 0.257 e. The quantitative estimate of drug-likeness (QED) is 0.838. The molecule has 1 aromatic rings. The number of terminal acetylenes is 1. The van der Waals surface area contributed by atoms with Crippen molar-refractivity contribution in [3.05, 3.63) is 30.3 Å². The van der Waals surface area contributed by atoms with Crippen LogP contribution in [-0.2, 0) is 4.79 Å². The average Bonchev–Trinajstić information content (AvgIpc) is 2.59. The van der Waals surface area contributed by atoms with Crippen molar-refractivity contribution in [3.8, 4) is 18.1 Å². The number of hydrogen-bond acceptors (Lipinski definition) is 3. The van der Waals surface area contributed by atoms with E-state index < -0.39 is 0 Å². The van der Waals surface area contributed by atoms with Crippen molar-refractivity contribution in [3.63, 3.8) is 0 Å². The molecule has 0 radical (unpaired) electrons. The number of piperidine rings is 3. The normalized spacial score (nSPS) is 29.6. The standard InChI is InChI=1S/C18H22N2O2/c1-2-14-12-20-9-8-15(14)10-16(20)11-19-18(21)13-22-17-6-4-3-5-7-17/h1,3-7,14-16H,8-13H2,(H,19,21). The zero-order valence-corrected chi connectivity index (χ0v) is 12.7. The Morgan fingerprint density at radius 3 is 2.91 bits per heavy atom. The summed E-state index contributed by atoms with van der Waals surface area (Å²) >= 11 is 0. The van der Waals surface area contributed by atoms with E-state index in [9.17, 15) is 4.79 Å². The van der Waals surface area contributed by atoms with Crippen molar-refractivity contribution >= 4 is 5.91 Å². The highest BCUT2D eigenvalue weighted by molar-refractivity contribution is 5.77. The van der Waals surface area contributed by atoms with Crippen LogP contribution in [0.25, 0.3) is 0 Å². The number of benzene rings is 1. The summed E-state index contributed by atoms with van der Waals surface area (Å²) in [5.41, 5.74) is 0. The predicted octanol–water partition coefficient (Wildman–Crippen LogP) is 1.53. The summed E-state index contributed by atoms with van der Waals surface area (Å²) in [5.74, 6) is 4.57. The number of nitrogens with zero attached hydrogens (tertiary/aromatic N) is 1. The Labute approximate surface area is 131 Å². The molecule has 116 valence electrons. The lowest BCUT2D eigenvalue weighted by molar-refractivity contribution is -0.123. The molecule has 1 N–H and O–H groups in total. The summed E-state index contributed by atoms with van der Waals surface area (Å²) in [6, 6.07) is 9.81. The molecule has 0 spiro atoms. The van der Waals surface area contributed by atoms with Crippen LogP contribution in [0.15, 0.2) is 30.3 Å². The monoisotopic (exact) mass is 298 g/mol. The van der Waals surface area contributed by atoms with Gasteiger partial charge in [0, 0.05) is 25.0 Å². The zero-order valence-electron chi connectivity index (χ0n) is 12.7. The van der Waals surface area contributed by atoms with Crippen LogP contribution in [0, 0.1) is 24.2 Å². The highest BCUT2D eigenvalue weighted by atomic mass is 16.5. The Balaban J connectivity index is 1.42. The van der Waals surface area contributed by atoms with Gasteiger partial charge in [0.1, 0.15) is 5.75 Å². The third-order valence-corrected chi connectivity index (χ3v) is 4.74. The van der Waals surface area contributed by atoms with Gasteiger partial charge in [0.15, 0.2) is 6.61 Å². The van der Waals surface area contributed by atoms with Gasteiger partial charge in [-0.2, -0.15) is 0 Å². The first-order chi connectivity index (χ1) is 10.8. The van der Waals surface area contributed by atoms with E-state index in [0.717, 1.165) is 25.3 Å². The molecule has 4 heteroatoms. The largest absolute Gasteiger partial charge is 0.484 e. The number of ether oxygens (including phenoxy) is 1. The minimum Gasteiger partial charge on any atom is -0.484 e. The second kappa shape index (κ2) is 6.85. The maximum absolute atomic E-state index is 11.9. The van der Waals surface area contributed by atoms with Gasteiger partial charge in [-0.05, 0) is 37.4 Å². The molecule has 4 atom stereocenters. The Hall–Kier alpha value is -1.99. The van der Waals surface area contributed by atoms with E-state index in [2.05, 4.69) is 16.1 Å². The summed E-state index contributed by atoms with van der Waals surface area (Å²) in [6.45, 7) is 2.82. The lowest BCUT2D eigenvalue weighted by atomic mass is 9.76. The van der Waals surface area contributed by atoms with E-state index in [-0.39, 0.29) is 12.5 Å². The van der Waals surface area contributed by atoms with Crippen molar-refractivity contribution in [1.29, 1.82) is 0 Å². The number of carbonyl (C=O) groups excluding carboxylic acids is 1. The van der Waals surface area contributed by atoms with E-state index in [0.29, 0.717) is 24.4 Å². The van der Waals surface area contributed by atoms with Crippen LogP contribution in [0.5, 0.6) is 5.75 Å². The molecule has 0 aliphatic carbocycles. The number of nitrogens with one attached hydrogen (secondary N) is 1. The van der Waals surface area contributed by atoms with E-state index in [1.54, 1.807) is 0 Å². The number of fused-ring (bicyclic) bond motifs is 3. The fraction of sp³-hybridized carbons (Fsp3) is 0.500. The highest BCUT2D eigenvalue weighted by Crippen LogP contribution is 2.35. The van der Waals surface area contributed by atoms with Crippen LogP contribution in [0.3, 0.4) is 0 Å². The molecule has 3 fully saturated rings. The molecule has 0 aromatic heterocycles. The first-order valence-electron chi connectivity index (χ1n) is 7.91. The van der Waals surface area contributed by atoms with Crippen LogP contribution in [-0.4, -0.2) is 43.1 Å². The molecular weight excluding hydrogens is 276 g/mol. The first kappa shape index (κ1) is 14.9. The minimum absolute atomic E-state index is 0.0626. The van der Waals surface area contributed by atoms with Crippen molar-refractivity contribution in [1.82, 2.24) is 10.2 Å². The van der Waals surface area contributed by atoms with Gasteiger partial charge in [-0.15, -0.1) is 12.3 Å². The summed E-state index contributed by atoms with van der Waals surface area (Å²) in [6.07, 6.45) is 7.87. The molecule has 4 nitrogen and oxygen atoms in total. The maximum atomic E-state index is 11.9. The zero-order chi connectivity index (χ0) is 15.4. The molecule has 3 saturated heterocycles. The lowest BCUT2D eigenvalue weighted by Gasteiger charge is -2.48. The molecule has 0 saturated carbocycles. The van der Waals surface area contributed by atoms with Gasteiger partial charge >= 0.3 is 0 Å². The number of amides is 1. The fourth-order valence-electron chi connectivity index (χ4n) is 3.49. The van der Waals surface area contributed by atoms with Gasteiger partial charge in [0.25, 0.3) is 5.91 Å². The van der Waals surface area contributed by atoms with Gasteiger partial charge < -0.3 is 10.1 Å². The lowest BCUT2D eigenvalue weighted by Crippen LogP contribution is -2.56. The maximum Gasteiger partial charge on any atom is 0.257 e. The van der Waals surface area contributed by atoms with Crippen molar-refractivity contribution < 1.29 is 9.53 Å². The minimum atomic E-state index is -0.0694. The molecule has 4 unspecified atom stereocenters. The summed E-state index contributed by atoms with van der Waals surface area (Å²) < 4.78 is 5.45. The van der Waals surface area contributed by atoms with Gasteiger partial charge in [-0.3, -0.25) is 9.69 Å². The predicted molar refractivity (Wildman–Crippen MR) is 85.4 cm³/mol. The molecule has 1 aromatic carbocycles. The Bertz CT molecular complexity index is 552. The molecule has 4 rings (SSSR count). The van der Waals surface area contributed by atoms with Crippen LogP contribution < -0.4 is 10.1 Å². The second-order valence-corrected chi connectivity index (χ2v) is 6.11. The SMILES string of the molecule is C#CC1CN2CCC1CC2CNC(=O)COc1ccccc1. The Morgan fingerprint density at radius 1 is 1.41 bits per heavy atom. The first-order valence-corrected chi connectivity index (χ1v) is 7.91. The van der Waals surface area contributed by atoms with E-state index in [1.165, 1.54) is 6.42 Å². The molecule has 3 aliphatic rings. The number of rotatable bonds is 5. The van der Waals surface area contributed by atoms with Crippen LogP contribution >= 0.6 is 0 Å². The fourth-order valence-corrected chi connectivity index (χ4v) is 3.49. The molecule has 3 aliphatic heterocycles. The molecule has 3 heterocycles. The molecular formula is C18H22N2O2. The van der Waals surface area contributed by atoms with E-state index in [4.69, 9.17) is 11.2 Å². The number of carbonyl (C=O) groups is 1. The summed E-state index contributed by atoms with van der Waals surface area (Å²) in [7, 11) is 0. The van der Waals surface area contributed by atoms with Gasteiger partial charge in [-0.25, -0.2) is 0 Å². The third kappa shape index (κ3) is 3.42. The van der Waals surface area contributed by atoms with Gasteiger partial charge in [-0.1, -0.05) is 18.2 Å². The Morgan fingerprint density at radius 2 is 2.23 bits per heavy atom. The second-order valence-electron chi connectivity index (χ2n) is 6.11. The van der Waals surface area contributed by atoms with Gasteiger partial charge in [0.05, 0.1) is 0 Å². The van der Waals surface area contributed by atoms with Crippen molar-refractivity contribution in [2.75, 3.05) is 26.2 Å². The molecule has 2 bridgehead atoms. The van der Waals surface area contributed by atoms with Crippen molar-refractivity contribution in [2.24, 2.45) is 11.8 Å². The van der Waals surface area contributed by atoms with E-state index >= 15 is 0 Å². The van der Waals surface area contributed by atoms with E-state index in [1.807, 2.05) is 30.3 Å².